The number of halogens is 2. The van der Waals surface area contributed by atoms with E-state index in [1.165, 1.54) is 0 Å². The van der Waals surface area contributed by atoms with Crippen LogP contribution in [0, 0.1) is 3.57 Å². The zero-order valence-electron chi connectivity index (χ0n) is 12.2. The van der Waals surface area contributed by atoms with Crippen molar-refractivity contribution < 1.29 is 13.2 Å². The van der Waals surface area contributed by atoms with Gasteiger partial charge in [0.05, 0.1) is 11.9 Å². The summed E-state index contributed by atoms with van der Waals surface area (Å²) in [6, 6.07) is 14.0. The third-order valence-corrected chi connectivity index (χ3v) is 5.32. The van der Waals surface area contributed by atoms with Crippen molar-refractivity contribution in [1.82, 2.24) is 0 Å². The summed E-state index contributed by atoms with van der Waals surface area (Å²) in [6.45, 7) is -0.285. The molecule has 0 aliphatic carbocycles. The zero-order valence-corrected chi connectivity index (χ0v) is 16.7. The normalized spacial score (nSPS) is 11.1. The van der Waals surface area contributed by atoms with Crippen molar-refractivity contribution in [1.29, 1.82) is 0 Å². The third-order valence-electron chi connectivity index (χ3n) is 2.93. The number of rotatable bonds is 5. The van der Waals surface area contributed by atoms with Gasteiger partial charge in [-0.2, -0.15) is 0 Å². The molecular weight excluding hydrogens is 495 g/mol. The van der Waals surface area contributed by atoms with Gasteiger partial charge in [0.1, 0.15) is 6.54 Å². The van der Waals surface area contributed by atoms with Crippen LogP contribution in [0.4, 0.5) is 11.4 Å². The lowest BCUT2D eigenvalue weighted by Gasteiger charge is -2.22. The van der Waals surface area contributed by atoms with Crippen LogP contribution < -0.4 is 9.62 Å². The van der Waals surface area contributed by atoms with E-state index in [4.69, 9.17) is 0 Å². The highest BCUT2D eigenvalue weighted by Gasteiger charge is 2.20. The molecule has 0 heterocycles. The van der Waals surface area contributed by atoms with Crippen molar-refractivity contribution >= 4 is 65.8 Å². The summed E-state index contributed by atoms with van der Waals surface area (Å²) in [5.74, 6) is -0.403. The molecule has 1 N–H and O–H groups in total. The van der Waals surface area contributed by atoms with Gasteiger partial charge in [-0.15, -0.1) is 0 Å². The molecule has 0 fully saturated rings. The predicted octanol–water partition coefficient (Wildman–Crippen LogP) is 3.46. The van der Waals surface area contributed by atoms with Crippen LogP contribution in [0.3, 0.4) is 0 Å². The molecule has 2 aromatic rings. The van der Waals surface area contributed by atoms with Gasteiger partial charge in [-0.1, -0.05) is 15.9 Å². The van der Waals surface area contributed by atoms with E-state index in [0.717, 1.165) is 18.6 Å². The van der Waals surface area contributed by atoms with Gasteiger partial charge in [0.15, 0.2) is 0 Å². The molecule has 0 spiro atoms. The molecule has 0 aromatic heterocycles. The highest BCUT2D eigenvalue weighted by Crippen LogP contribution is 2.21. The van der Waals surface area contributed by atoms with E-state index in [9.17, 15) is 13.2 Å². The van der Waals surface area contributed by atoms with Crippen LogP contribution in [0.25, 0.3) is 0 Å². The molecular formula is C15H14BrIN2O3S. The Morgan fingerprint density at radius 3 is 2.22 bits per heavy atom. The molecule has 0 saturated heterocycles. The minimum Gasteiger partial charge on any atom is -0.325 e. The van der Waals surface area contributed by atoms with Crippen LogP contribution in [0.2, 0.25) is 0 Å². The van der Waals surface area contributed by atoms with Crippen LogP contribution in [-0.4, -0.2) is 27.1 Å². The first-order valence-electron chi connectivity index (χ1n) is 6.54. The molecule has 2 rings (SSSR count). The largest absolute Gasteiger partial charge is 0.325 e. The second kappa shape index (κ2) is 7.63. The van der Waals surface area contributed by atoms with Gasteiger partial charge in [0, 0.05) is 13.7 Å². The average Bonchev–Trinajstić information content (AvgIpc) is 2.47. The zero-order chi connectivity index (χ0) is 17.0. The van der Waals surface area contributed by atoms with Gasteiger partial charge in [-0.05, 0) is 71.1 Å². The number of hydrogen-bond donors (Lipinski definition) is 1. The molecule has 5 nitrogen and oxygen atoms in total. The van der Waals surface area contributed by atoms with E-state index in [2.05, 4.69) is 43.8 Å². The Kier molecular flexibility index (Phi) is 6.04. The van der Waals surface area contributed by atoms with Gasteiger partial charge in [0.25, 0.3) is 0 Å². The molecule has 8 heteroatoms. The Morgan fingerprint density at radius 2 is 1.70 bits per heavy atom. The van der Waals surface area contributed by atoms with Gasteiger partial charge in [-0.3, -0.25) is 9.10 Å². The Labute approximate surface area is 157 Å². The fourth-order valence-corrected chi connectivity index (χ4v) is 3.35. The highest BCUT2D eigenvalue weighted by atomic mass is 127. The molecule has 1 amide bonds. The highest BCUT2D eigenvalue weighted by molar-refractivity contribution is 14.1. The summed E-state index contributed by atoms with van der Waals surface area (Å²) in [7, 11) is -3.57. The minimum absolute atomic E-state index is 0.285. The number of sulfonamides is 1. The molecule has 0 bridgehead atoms. The summed E-state index contributed by atoms with van der Waals surface area (Å²) >= 11 is 5.46. The van der Waals surface area contributed by atoms with Crippen molar-refractivity contribution in [3.05, 3.63) is 56.6 Å². The van der Waals surface area contributed by atoms with Gasteiger partial charge in [0.2, 0.25) is 15.9 Å². The lowest BCUT2D eigenvalue weighted by atomic mass is 10.3. The topological polar surface area (TPSA) is 66.5 Å². The Bertz CT molecular complexity index is 792. The maximum Gasteiger partial charge on any atom is 0.245 e. The van der Waals surface area contributed by atoms with E-state index in [0.29, 0.717) is 11.4 Å². The number of amides is 1. The number of carbonyl (C=O) groups is 1. The third kappa shape index (κ3) is 5.47. The molecule has 2 aromatic carbocycles. The van der Waals surface area contributed by atoms with Crippen LogP contribution in [0.5, 0.6) is 0 Å². The minimum atomic E-state index is -3.57. The second-order valence-electron chi connectivity index (χ2n) is 4.80. The van der Waals surface area contributed by atoms with E-state index in [-0.39, 0.29) is 6.54 Å². The second-order valence-corrected chi connectivity index (χ2v) is 8.87. The maximum atomic E-state index is 12.2. The summed E-state index contributed by atoms with van der Waals surface area (Å²) in [5.41, 5.74) is 1.06. The molecule has 0 aliphatic rings. The lowest BCUT2D eigenvalue weighted by Crippen LogP contribution is -2.37. The Hall–Kier alpha value is -1.13. The Balaban J connectivity index is 2.16. The van der Waals surface area contributed by atoms with Crippen LogP contribution in [0.1, 0.15) is 0 Å². The maximum absolute atomic E-state index is 12.2. The fourth-order valence-electron chi connectivity index (χ4n) is 1.87. The van der Waals surface area contributed by atoms with E-state index in [1.807, 2.05) is 12.1 Å². The Morgan fingerprint density at radius 1 is 1.13 bits per heavy atom. The predicted molar refractivity (Wildman–Crippen MR) is 104 cm³/mol. The SMILES string of the molecule is CS(=O)(=O)N(CC(=O)Nc1ccc(I)cc1)c1ccc(Br)cc1. The molecule has 0 aliphatic heterocycles. The fraction of sp³-hybridized carbons (Fsp3) is 0.133. The summed E-state index contributed by atoms with van der Waals surface area (Å²) in [4.78, 5) is 12.2. The van der Waals surface area contributed by atoms with Gasteiger partial charge in [-0.25, -0.2) is 8.42 Å². The van der Waals surface area contributed by atoms with Crippen molar-refractivity contribution in [3.63, 3.8) is 0 Å². The molecule has 0 atom stereocenters. The van der Waals surface area contributed by atoms with Gasteiger partial charge < -0.3 is 5.32 Å². The van der Waals surface area contributed by atoms with E-state index in [1.54, 1.807) is 36.4 Å². The number of anilines is 2. The average molecular weight is 509 g/mol. The summed E-state index contributed by atoms with van der Waals surface area (Å²) < 4.78 is 26.9. The molecule has 23 heavy (non-hydrogen) atoms. The summed E-state index contributed by atoms with van der Waals surface area (Å²) in [6.07, 6.45) is 1.08. The first kappa shape index (κ1) is 18.2. The van der Waals surface area contributed by atoms with Gasteiger partial charge >= 0.3 is 0 Å². The van der Waals surface area contributed by atoms with Crippen molar-refractivity contribution in [3.8, 4) is 0 Å². The first-order chi connectivity index (χ1) is 10.8. The number of hydrogen-bond acceptors (Lipinski definition) is 3. The van der Waals surface area contributed by atoms with Crippen LogP contribution in [-0.2, 0) is 14.8 Å². The van der Waals surface area contributed by atoms with E-state index < -0.39 is 15.9 Å². The monoisotopic (exact) mass is 508 g/mol. The van der Waals surface area contributed by atoms with Crippen LogP contribution >= 0.6 is 38.5 Å². The summed E-state index contributed by atoms with van der Waals surface area (Å²) in [5, 5.41) is 2.70. The lowest BCUT2D eigenvalue weighted by molar-refractivity contribution is -0.114. The molecule has 122 valence electrons. The first-order valence-corrected chi connectivity index (χ1v) is 10.3. The van der Waals surface area contributed by atoms with Crippen molar-refractivity contribution in [2.24, 2.45) is 0 Å². The molecule has 0 radical (unpaired) electrons. The molecule has 0 saturated carbocycles. The number of benzene rings is 2. The van der Waals surface area contributed by atoms with Crippen molar-refractivity contribution in [2.75, 3.05) is 22.4 Å². The van der Waals surface area contributed by atoms with E-state index >= 15 is 0 Å². The quantitative estimate of drug-likeness (QED) is 0.629. The van der Waals surface area contributed by atoms with Crippen LogP contribution in [0.15, 0.2) is 53.0 Å². The smallest absolute Gasteiger partial charge is 0.245 e. The number of carbonyl (C=O) groups excluding carboxylic acids is 1. The van der Waals surface area contributed by atoms with Crippen molar-refractivity contribution in [2.45, 2.75) is 0 Å². The molecule has 0 unspecified atom stereocenters. The number of nitrogens with one attached hydrogen (secondary N) is 1. The number of nitrogens with zero attached hydrogens (tertiary/aromatic N) is 1. The standard InChI is InChI=1S/C15H14BrIN2O3S/c1-23(21,22)19(14-8-2-11(16)3-9-14)10-15(20)18-13-6-4-12(17)5-7-13/h2-9H,10H2,1H3,(H,18,20).